The Kier molecular flexibility index (Phi) is 4.90. The van der Waals surface area contributed by atoms with E-state index in [0.717, 1.165) is 11.8 Å². The lowest BCUT2D eigenvalue weighted by molar-refractivity contribution is 0.0350. The van der Waals surface area contributed by atoms with Crippen molar-refractivity contribution in [1.82, 2.24) is 5.32 Å². The Morgan fingerprint density at radius 3 is 2.43 bits per heavy atom. The molecule has 2 heteroatoms. The highest BCUT2D eigenvalue weighted by Gasteiger charge is 2.37. The first kappa shape index (κ1) is 12.0. The van der Waals surface area contributed by atoms with Crippen LogP contribution in [-0.4, -0.2) is 26.3 Å². The molecule has 1 aliphatic carbocycles. The molecule has 0 aliphatic heterocycles. The molecule has 1 aliphatic rings. The summed E-state index contributed by atoms with van der Waals surface area (Å²) >= 11 is 0. The summed E-state index contributed by atoms with van der Waals surface area (Å²) in [5, 5.41) is 3.43. The number of methoxy groups -OCH3 is 1. The third-order valence-corrected chi connectivity index (χ3v) is 3.40. The van der Waals surface area contributed by atoms with Crippen molar-refractivity contribution in [3.63, 3.8) is 0 Å². The van der Waals surface area contributed by atoms with Crippen molar-refractivity contribution in [2.45, 2.75) is 51.7 Å². The second-order valence-corrected chi connectivity index (χ2v) is 4.62. The Hall–Kier alpha value is -0.0800. The van der Waals surface area contributed by atoms with E-state index in [0.29, 0.717) is 12.1 Å². The minimum Gasteiger partial charge on any atom is -0.380 e. The van der Waals surface area contributed by atoms with Gasteiger partial charge in [0.1, 0.15) is 0 Å². The maximum absolute atomic E-state index is 5.63. The Balaban J connectivity index is 2.48. The van der Waals surface area contributed by atoms with E-state index in [1.807, 2.05) is 7.11 Å². The fourth-order valence-corrected chi connectivity index (χ4v) is 2.46. The Morgan fingerprint density at radius 2 is 2.07 bits per heavy atom. The van der Waals surface area contributed by atoms with Gasteiger partial charge in [-0.2, -0.15) is 0 Å². The Morgan fingerprint density at radius 1 is 1.43 bits per heavy atom. The standard InChI is InChI=1S/C12H25NO/c1-5-6-9(2)11(13-3)12(14-4)10-7-8-10/h9-13H,5-8H2,1-4H3. The highest BCUT2D eigenvalue weighted by Crippen LogP contribution is 2.37. The van der Waals surface area contributed by atoms with E-state index in [1.165, 1.54) is 25.7 Å². The molecule has 1 rings (SSSR count). The Labute approximate surface area is 88.4 Å². The summed E-state index contributed by atoms with van der Waals surface area (Å²) < 4.78 is 5.63. The fourth-order valence-electron chi connectivity index (χ4n) is 2.46. The lowest BCUT2D eigenvalue weighted by atomic mass is 9.90. The van der Waals surface area contributed by atoms with Gasteiger partial charge in [-0.05, 0) is 38.1 Å². The first-order chi connectivity index (χ1) is 6.74. The highest BCUT2D eigenvalue weighted by molar-refractivity contribution is 4.91. The zero-order valence-electron chi connectivity index (χ0n) is 10.0. The summed E-state index contributed by atoms with van der Waals surface area (Å²) in [5.41, 5.74) is 0. The molecule has 0 spiro atoms. The highest BCUT2D eigenvalue weighted by atomic mass is 16.5. The van der Waals surface area contributed by atoms with Crippen molar-refractivity contribution in [1.29, 1.82) is 0 Å². The number of hydrogen-bond acceptors (Lipinski definition) is 2. The van der Waals surface area contributed by atoms with Gasteiger partial charge in [-0.25, -0.2) is 0 Å². The van der Waals surface area contributed by atoms with Crippen LogP contribution in [0.3, 0.4) is 0 Å². The molecule has 1 saturated carbocycles. The van der Waals surface area contributed by atoms with Crippen LogP contribution < -0.4 is 5.32 Å². The van der Waals surface area contributed by atoms with E-state index in [9.17, 15) is 0 Å². The summed E-state index contributed by atoms with van der Waals surface area (Å²) in [4.78, 5) is 0. The van der Waals surface area contributed by atoms with Crippen LogP contribution in [0.15, 0.2) is 0 Å². The molecular weight excluding hydrogens is 174 g/mol. The smallest absolute Gasteiger partial charge is 0.0754 e. The van der Waals surface area contributed by atoms with Crippen molar-refractivity contribution in [3.05, 3.63) is 0 Å². The monoisotopic (exact) mass is 199 g/mol. The normalized spacial score (nSPS) is 23.1. The van der Waals surface area contributed by atoms with Gasteiger partial charge in [-0.1, -0.05) is 20.3 Å². The number of nitrogens with one attached hydrogen (secondary N) is 1. The molecule has 2 nitrogen and oxygen atoms in total. The molecule has 3 unspecified atom stereocenters. The van der Waals surface area contributed by atoms with Crippen LogP contribution in [0.1, 0.15) is 39.5 Å². The largest absolute Gasteiger partial charge is 0.380 e. The summed E-state index contributed by atoms with van der Waals surface area (Å²) in [6.45, 7) is 4.58. The van der Waals surface area contributed by atoms with Crippen molar-refractivity contribution in [3.8, 4) is 0 Å². The summed E-state index contributed by atoms with van der Waals surface area (Å²) in [6.07, 6.45) is 5.70. The van der Waals surface area contributed by atoms with Crippen molar-refractivity contribution >= 4 is 0 Å². The van der Waals surface area contributed by atoms with Gasteiger partial charge in [0.05, 0.1) is 6.10 Å². The molecule has 3 atom stereocenters. The van der Waals surface area contributed by atoms with Gasteiger partial charge < -0.3 is 10.1 Å². The third kappa shape index (κ3) is 2.96. The molecule has 0 radical (unpaired) electrons. The van der Waals surface area contributed by atoms with Gasteiger partial charge >= 0.3 is 0 Å². The molecule has 0 amide bonds. The lowest BCUT2D eigenvalue weighted by Gasteiger charge is -2.30. The molecule has 0 bridgehead atoms. The molecule has 0 heterocycles. The summed E-state index contributed by atoms with van der Waals surface area (Å²) in [5.74, 6) is 1.53. The van der Waals surface area contributed by atoms with Crippen LogP contribution in [-0.2, 0) is 4.74 Å². The number of rotatable bonds is 7. The molecule has 0 aromatic carbocycles. The summed E-state index contributed by atoms with van der Waals surface area (Å²) in [6, 6.07) is 0.535. The van der Waals surface area contributed by atoms with Gasteiger partial charge in [0.15, 0.2) is 0 Å². The zero-order chi connectivity index (χ0) is 10.6. The van der Waals surface area contributed by atoms with Crippen LogP contribution in [0.4, 0.5) is 0 Å². The summed E-state index contributed by atoms with van der Waals surface area (Å²) in [7, 11) is 3.91. The topological polar surface area (TPSA) is 21.3 Å². The first-order valence-electron chi connectivity index (χ1n) is 5.94. The maximum Gasteiger partial charge on any atom is 0.0754 e. The number of likely N-dealkylation sites (N-methyl/N-ethyl adjacent to an activating group) is 1. The van der Waals surface area contributed by atoms with Crippen molar-refractivity contribution < 1.29 is 4.74 Å². The minimum atomic E-state index is 0.432. The van der Waals surface area contributed by atoms with E-state index >= 15 is 0 Å². The van der Waals surface area contributed by atoms with Gasteiger partial charge in [0, 0.05) is 13.2 Å². The molecule has 0 aromatic heterocycles. The van der Waals surface area contributed by atoms with E-state index in [-0.39, 0.29) is 0 Å². The maximum atomic E-state index is 5.63. The van der Waals surface area contributed by atoms with Gasteiger partial charge in [0.2, 0.25) is 0 Å². The number of hydrogen-bond donors (Lipinski definition) is 1. The van der Waals surface area contributed by atoms with Crippen LogP contribution in [0.5, 0.6) is 0 Å². The Bertz CT molecular complexity index is 156. The van der Waals surface area contributed by atoms with Crippen molar-refractivity contribution in [2.24, 2.45) is 11.8 Å². The van der Waals surface area contributed by atoms with E-state index in [2.05, 4.69) is 26.2 Å². The fraction of sp³-hybridized carbons (Fsp3) is 1.00. The molecule has 14 heavy (non-hydrogen) atoms. The molecule has 1 fully saturated rings. The third-order valence-electron chi connectivity index (χ3n) is 3.40. The average molecular weight is 199 g/mol. The average Bonchev–Trinajstić information content (AvgIpc) is 2.97. The van der Waals surface area contributed by atoms with Crippen LogP contribution >= 0.6 is 0 Å². The molecule has 84 valence electrons. The van der Waals surface area contributed by atoms with E-state index in [4.69, 9.17) is 4.74 Å². The van der Waals surface area contributed by atoms with Gasteiger partial charge in [-0.3, -0.25) is 0 Å². The number of ether oxygens (including phenoxy) is 1. The molecule has 1 N–H and O–H groups in total. The van der Waals surface area contributed by atoms with Crippen LogP contribution in [0, 0.1) is 11.8 Å². The SMILES string of the molecule is CCCC(C)C(NC)C(OC)C1CC1. The minimum absolute atomic E-state index is 0.432. The van der Waals surface area contributed by atoms with E-state index in [1.54, 1.807) is 0 Å². The predicted molar refractivity (Wildman–Crippen MR) is 60.4 cm³/mol. The zero-order valence-corrected chi connectivity index (χ0v) is 10.0. The van der Waals surface area contributed by atoms with Crippen LogP contribution in [0.2, 0.25) is 0 Å². The molecule has 0 aromatic rings. The molecule has 0 saturated heterocycles. The van der Waals surface area contributed by atoms with Crippen LogP contribution in [0.25, 0.3) is 0 Å². The molecular formula is C12H25NO. The van der Waals surface area contributed by atoms with E-state index < -0.39 is 0 Å². The lowest BCUT2D eigenvalue weighted by Crippen LogP contribution is -2.44. The predicted octanol–water partition coefficient (Wildman–Crippen LogP) is 2.44. The van der Waals surface area contributed by atoms with Crippen molar-refractivity contribution in [2.75, 3.05) is 14.2 Å². The first-order valence-corrected chi connectivity index (χ1v) is 5.94. The van der Waals surface area contributed by atoms with Gasteiger partial charge in [0.25, 0.3) is 0 Å². The second-order valence-electron chi connectivity index (χ2n) is 4.62. The second kappa shape index (κ2) is 5.72. The van der Waals surface area contributed by atoms with Gasteiger partial charge in [-0.15, -0.1) is 0 Å². The quantitative estimate of drug-likeness (QED) is 0.680.